The lowest BCUT2D eigenvalue weighted by atomic mass is 10.1. The first kappa shape index (κ1) is 18.9. The lowest BCUT2D eigenvalue weighted by molar-refractivity contribution is -0.133. The first-order valence-electron chi connectivity index (χ1n) is 8.62. The van der Waals surface area contributed by atoms with Crippen LogP contribution in [-0.4, -0.2) is 29.3 Å². The molecule has 2 aromatic rings. The Morgan fingerprint density at radius 3 is 2.50 bits per heavy atom. The van der Waals surface area contributed by atoms with Crippen molar-refractivity contribution in [2.24, 2.45) is 0 Å². The van der Waals surface area contributed by atoms with Gasteiger partial charge in [-0.15, -0.1) is 0 Å². The molecule has 1 fully saturated rings. The van der Waals surface area contributed by atoms with Crippen LogP contribution >= 0.6 is 27.5 Å². The minimum Gasteiger partial charge on any atom is -0.340 e. The van der Waals surface area contributed by atoms with E-state index in [9.17, 15) is 9.59 Å². The van der Waals surface area contributed by atoms with E-state index < -0.39 is 6.04 Å². The summed E-state index contributed by atoms with van der Waals surface area (Å²) in [5.74, 6) is -0.243. The second kappa shape index (κ2) is 8.69. The Kier molecular flexibility index (Phi) is 6.33. The van der Waals surface area contributed by atoms with Crippen LogP contribution in [0.3, 0.4) is 0 Å². The van der Waals surface area contributed by atoms with Crippen molar-refractivity contribution in [1.82, 2.24) is 10.2 Å². The molecule has 1 N–H and O–H groups in total. The van der Waals surface area contributed by atoms with Crippen LogP contribution in [0.1, 0.15) is 35.2 Å². The van der Waals surface area contributed by atoms with Crippen LogP contribution in [0.15, 0.2) is 53.0 Å². The molecule has 1 aliphatic heterocycles. The van der Waals surface area contributed by atoms with Crippen LogP contribution in [0.2, 0.25) is 5.02 Å². The number of nitrogens with zero attached hydrogens (tertiary/aromatic N) is 1. The monoisotopic (exact) mass is 434 g/mol. The summed E-state index contributed by atoms with van der Waals surface area (Å²) in [7, 11) is 0. The molecule has 6 heteroatoms. The largest absolute Gasteiger partial charge is 0.340 e. The van der Waals surface area contributed by atoms with E-state index in [-0.39, 0.29) is 11.8 Å². The number of hydrogen-bond donors (Lipinski definition) is 1. The molecule has 1 aliphatic rings. The molecule has 2 aromatic carbocycles. The van der Waals surface area contributed by atoms with Gasteiger partial charge in [0, 0.05) is 28.1 Å². The maximum atomic E-state index is 12.9. The van der Waals surface area contributed by atoms with Crippen molar-refractivity contribution in [2.45, 2.75) is 31.8 Å². The van der Waals surface area contributed by atoms with Crippen molar-refractivity contribution in [3.8, 4) is 0 Å². The van der Waals surface area contributed by atoms with Gasteiger partial charge < -0.3 is 10.2 Å². The maximum absolute atomic E-state index is 12.9. The van der Waals surface area contributed by atoms with E-state index in [1.807, 2.05) is 41.3 Å². The number of amides is 2. The molecule has 4 nitrogen and oxygen atoms in total. The second-order valence-electron chi connectivity index (χ2n) is 6.41. The molecule has 2 amide bonds. The van der Waals surface area contributed by atoms with Gasteiger partial charge in [-0.25, -0.2) is 0 Å². The highest BCUT2D eigenvalue weighted by Gasteiger charge is 2.28. The van der Waals surface area contributed by atoms with Gasteiger partial charge in [0.2, 0.25) is 5.91 Å². The number of rotatable bonds is 4. The zero-order chi connectivity index (χ0) is 18.5. The number of benzene rings is 2. The third-order valence-electron chi connectivity index (χ3n) is 4.48. The van der Waals surface area contributed by atoms with Crippen LogP contribution in [-0.2, 0) is 11.3 Å². The number of nitrogens with one attached hydrogen (secondary N) is 1. The Hall–Kier alpha value is -1.85. The Labute approximate surface area is 166 Å². The first-order valence-corrected chi connectivity index (χ1v) is 9.80. The van der Waals surface area contributed by atoms with E-state index in [1.54, 1.807) is 12.1 Å². The molecule has 0 radical (unpaired) electrons. The molecule has 136 valence electrons. The van der Waals surface area contributed by atoms with E-state index in [1.165, 1.54) is 0 Å². The predicted octanol–water partition coefficient (Wildman–Crippen LogP) is 4.41. The normalized spacial score (nSPS) is 17.7. The van der Waals surface area contributed by atoms with Gasteiger partial charge in [-0.05, 0) is 61.2 Å². The summed E-state index contributed by atoms with van der Waals surface area (Å²) in [6.45, 7) is 1.23. The van der Waals surface area contributed by atoms with Crippen LogP contribution in [0.4, 0.5) is 0 Å². The third-order valence-corrected chi connectivity index (χ3v) is 5.26. The molecule has 0 bridgehead atoms. The van der Waals surface area contributed by atoms with Gasteiger partial charge >= 0.3 is 0 Å². The summed E-state index contributed by atoms with van der Waals surface area (Å²) in [6.07, 6.45) is 2.51. The molecule has 3 rings (SSSR count). The van der Waals surface area contributed by atoms with E-state index in [2.05, 4.69) is 21.2 Å². The Morgan fingerprint density at radius 1 is 1.12 bits per heavy atom. The zero-order valence-corrected chi connectivity index (χ0v) is 16.6. The number of carbonyl (C=O) groups is 2. The van der Waals surface area contributed by atoms with Gasteiger partial charge in [0.15, 0.2) is 0 Å². The van der Waals surface area contributed by atoms with Gasteiger partial charge in [-0.3, -0.25) is 9.59 Å². The van der Waals surface area contributed by atoms with Crippen molar-refractivity contribution in [3.63, 3.8) is 0 Å². The number of halogens is 2. The SMILES string of the molecule is O=C(NC1CCCCN(Cc2ccc(Cl)cc2)C1=O)c1ccc(Br)cc1. The van der Waals surface area contributed by atoms with Crippen LogP contribution in [0.25, 0.3) is 0 Å². The van der Waals surface area contributed by atoms with Gasteiger partial charge in [0.25, 0.3) is 5.91 Å². The Balaban J connectivity index is 1.68. The fraction of sp³-hybridized carbons (Fsp3) is 0.300. The van der Waals surface area contributed by atoms with Crippen molar-refractivity contribution >= 4 is 39.3 Å². The van der Waals surface area contributed by atoms with Crippen molar-refractivity contribution in [1.29, 1.82) is 0 Å². The van der Waals surface area contributed by atoms with Gasteiger partial charge in [0.1, 0.15) is 6.04 Å². The summed E-state index contributed by atoms with van der Waals surface area (Å²) in [5.41, 5.74) is 1.58. The van der Waals surface area contributed by atoms with E-state index in [0.717, 1.165) is 22.9 Å². The summed E-state index contributed by atoms with van der Waals surface area (Å²) in [4.78, 5) is 27.2. The number of carbonyl (C=O) groups excluding carboxylic acids is 2. The minimum absolute atomic E-state index is 0.0251. The van der Waals surface area contributed by atoms with Gasteiger partial charge in [0.05, 0.1) is 0 Å². The predicted molar refractivity (Wildman–Crippen MR) is 106 cm³/mol. The quantitative estimate of drug-likeness (QED) is 0.773. The Morgan fingerprint density at radius 2 is 1.81 bits per heavy atom. The molecular formula is C20H20BrClN2O2. The molecule has 1 heterocycles. The summed E-state index contributed by atoms with van der Waals surface area (Å²) in [6, 6.07) is 14.1. The van der Waals surface area contributed by atoms with E-state index >= 15 is 0 Å². The highest BCUT2D eigenvalue weighted by Crippen LogP contribution is 2.18. The smallest absolute Gasteiger partial charge is 0.251 e. The van der Waals surface area contributed by atoms with Crippen LogP contribution in [0.5, 0.6) is 0 Å². The fourth-order valence-corrected chi connectivity index (χ4v) is 3.44. The molecule has 0 aliphatic carbocycles. The number of likely N-dealkylation sites (tertiary alicyclic amines) is 1. The lowest BCUT2D eigenvalue weighted by Crippen LogP contribution is -2.47. The standard InChI is InChI=1S/C20H20BrClN2O2/c21-16-8-6-15(7-9-16)19(25)23-18-3-1-2-12-24(20(18)26)13-14-4-10-17(22)11-5-14/h4-11,18H,1-3,12-13H2,(H,23,25). The van der Waals surface area contributed by atoms with Crippen molar-refractivity contribution < 1.29 is 9.59 Å². The lowest BCUT2D eigenvalue weighted by Gasteiger charge is -2.25. The van der Waals surface area contributed by atoms with Crippen molar-refractivity contribution in [3.05, 3.63) is 69.2 Å². The topological polar surface area (TPSA) is 49.4 Å². The average Bonchev–Trinajstić information content (AvgIpc) is 2.80. The highest BCUT2D eigenvalue weighted by molar-refractivity contribution is 9.10. The summed E-state index contributed by atoms with van der Waals surface area (Å²) >= 11 is 9.28. The van der Waals surface area contributed by atoms with Crippen LogP contribution < -0.4 is 5.32 Å². The highest BCUT2D eigenvalue weighted by atomic mass is 79.9. The molecule has 0 saturated carbocycles. The summed E-state index contributed by atoms with van der Waals surface area (Å²) < 4.78 is 0.911. The molecule has 1 unspecified atom stereocenters. The fourth-order valence-electron chi connectivity index (χ4n) is 3.05. The number of hydrogen-bond acceptors (Lipinski definition) is 2. The molecule has 0 aromatic heterocycles. The first-order chi connectivity index (χ1) is 12.5. The second-order valence-corrected chi connectivity index (χ2v) is 7.77. The van der Waals surface area contributed by atoms with Crippen LogP contribution in [0, 0.1) is 0 Å². The van der Waals surface area contributed by atoms with Crippen molar-refractivity contribution in [2.75, 3.05) is 6.54 Å². The van der Waals surface area contributed by atoms with E-state index in [0.29, 0.717) is 30.1 Å². The molecule has 1 atom stereocenters. The van der Waals surface area contributed by atoms with Gasteiger partial charge in [-0.1, -0.05) is 39.7 Å². The molecular weight excluding hydrogens is 416 g/mol. The molecule has 1 saturated heterocycles. The minimum atomic E-state index is -0.485. The average molecular weight is 436 g/mol. The molecule has 26 heavy (non-hydrogen) atoms. The summed E-state index contributed by atoms with van der Waals surface area (Å²) in [5, 5.41) is 3.58. The Bertz CT molecular complexity index is 777. The molecule has 0 spiro atoms. The van der Waals surface area contributed by atoms with E-state index in [4.69, 9.17) is 11.6 Å². The maximum Gasteiger partial charge on any atom is 0.251 e. The third kappa shape index (κ3) is 4.86. The van der Waals surface area contributed by atoms with Gasteiger partial charge in [-0.2, -0.15) is 0 Å². The zero-order valence-electron chi connectivity index (χ0n) is 14.3.